The van der Waals surface area contributed by atoms with Crippen LogP contribution < -0.4 is 10.0 Å². The van der Waals surface area contributed by atoms with Crippen LogP contribution in [0.15, 0.2) is 34.8 Å². The second-order valence-corrected chi connectivity index (χ2v) is 5.65. The van der Waals surface area contributed by atoms with Crippen LogP contribution >= 0.6 is 11.3 Å². The summed E-state index contributed by atoms with van der Waals surface area (Å²) in [7, 11) is -1.89. The number of aromatic nitrogens is 2. The molecule has 90 valence electrons. The van der Waals surface area contributed by atoms with Crippen molar-refractivity contribution in [3.8, 4) is 0 Å². The summed E-state index contributed by atoms with van der Waals surface area (Å²) in [6.07, 6.45) is 2.83. The van der Waals surface area contributed by atoms with Crippen LogP contribution in [0.5, 0.6) is 0 Å². The lowest BCUT2D eigenvalue weighted by molar-refractivity contribution is 0.601. The number of hydrogen-bond acceptors (Lipinski definition) is 6. The van der Waals surface area contributed by atoms with Gasteiger partial charge in [0, 0.05) is 24.8 Å². The van der Waals surface area contributed by atoms with Crippen molar-refractivity contribution in [1.29, 1.82) is 0 Å². The molecule has 2 heterocycles. The van der Waals surface area contributed by atoms with Crippen LogP contribution in [-0.2, 0) is 10.0 Å². The lowest BCUT2D eigenvalue weighted by atomic mass is 10.5. The Bertz CT molecular complexity index is 578. The van der Waals surface area contributed by atoms with Gasteiger partial charge in [0.05, 0.1) is 0 Å². The molecule has 0 fully saturated rings. The van der Waals surface area contributed by atoms with E-state index in [0.717, 1.165) is 0 Å². The Morgan fingerprint density at radius 3 is 2.65 bits per heavy atom. The van der Waals surface area contributed by atoms with E-state index in [1.165, 1.54) is 29.8 Å². The van der Waals surface area contributed by atoms with Gasteiger partial charge in [0.2, 0.25) is 0 Å². The van der Waals surface area contributed by atoms with Crippen LogP contribution in [0.4, 0.5) is 10.9 Å². The van der Waals surface area contributed by atoms with Gasteiger partial charge < -0.3 is 5.32 Å². The van der Waals surface area contributed by atoms with Gasteiger partial charge in [-0.1, -0.05) is 0 Å². The topological polar surface area (TPSA) is 84.0 Å². The average molecular weight is 270 g/mol. The number of rotatable bonds is 4. The Hall–Kier alpha value is -1.67. The van der Waals surface area contributed by atoms with Gasteiger partial charge in [-0.3, -0.25) is 4.72 Å². The fourth-order valence-electron chi connectivity index (χ4n) is 1.13. The van der Waals surface area contributed by atoms with Crippen LogP contribution in [-0.4, -0.2) is 25.4 Å². The third-order valence-corrected chi connectivity index (χ3v) is 4.10. The zero-order valence-corrected chi connectivity index (χ0v) is 10.5. The first-order chi connectivity index (χ1) is 8.12. The molecular weight excluding hydrogens is 260 g/mol. The van der Waals surface area contributed by atoms with E-state index in [2.05, 4.69) is 20.0 Å². The van der Waals surface area contributed by atoms with Gasteiger partial charge in [0.25, 0.3) is 10.0 Å². The maximum atomic E-state index is 11.9. The van der Waals surface area contributed by atoms with E-state index in [9.17, 15) is 8.42 Å². The van der Waals surface area contributed by atoms with E-state index >= 15 is 0 Å². The van der Waals surface area contributed by atoms with Crippen molar-refractivity contribution in [3.63, 3.8) is 0 Å². The van der Waals surface area contributed by atoms with Gasteiger partial charge in [-0.05, 0) is 12.1 Å². The number of sulfonamides is 1. The summed E-state index contributed by atoms with van der Waals surface area (Å²) in [6, 6.07) is 3.07. The molecule has 0 saturated carbocycles. The minimum absolute atomic E-state index is 0.103. The molecule has 2 N–H and O–H groups in total. The monoisotopic (exact) mass is 270 g/mol. The predicted octanol–water partition coefficient (Wildman–Crippen LogP) is 1.38. The molecule has 6 nitrogen and oxygen atoms in total. The van der Waals surface area contributed by atoms with Gasteiger partial charge >= 0.3 is 0 Å². The highest BCUT2D eigenvalue weighted by atomic mass is 32.2. The minimum atomic E-state index is -3.60. The summed E-state index contributed by atoms with van der Waals surface area (Å²) in [5, 5.41) is 4.85. The summed E-state index contributed by atoms with van der Waals surface area (Å²) < 4.78 is 26.2. The third-order valence-electron chi connectivity index (χ3n) is 1.96. The number of thiazole rings is 1. The van der Waals surface area contributed by atoms with Gasteiger partial charge in [-0.25, -0.2) is 18.4 Å². The SMILES string of the molecule is CNc1ccc(S(=O)(=O)Nc2nccs2)cn1. The summed E-state index contributed by atoms with van der Waals surface area (Å²) in [5.74, 6) is 0.609. The lowest BCUT2D eigenvalue weighted by Crippen LogP contribution is -2.13. The molecule has 0 aromatic carbocycles. The van der Waals surface area contributed by atoms with Gasteiger partial charge in [-0.15, -0.1) is 11.3 Å². The van der Waals surface area contributed by atoms with Gasteiger partial charge in [0.15, 0.2) is 5.13 Å². The van der Waals surface area contributed by atoms with E-state index < -0.39 is 10.0 Å². The fraction of sp³-hybridized carbons (Fsp3) is 0.111. The first kappa shape index (κ1) is 11.8. The van der Waals surface area contributed by atoms with E-state index in [4.69, 9.17) is 0 Å². The average Bonchev–Trinajstić information content (AvgIpc) is 2.81. The second-order valence-electron chi connectivity index (χ2n) is 3.07. The summed E-state index contributed by atoms with van der Waals surface area (Å²) in [6.45, 7) is 0. The molecule has 0 aliphatic carbocycles. The molecule has 0 spiro atoms. The summed E-state index contributed by atoms with van der Waals surface area (Å²) in [5.41, 5.74) is 0. The van der Waals surface area contributed by atoms with E-state index in [1.807, 2.05) is 0 Å². The van der Waals surface area contributed by atoms with Crippen LogP contribution in [0.25, 0.3) is 0 Å². The van der Waals surface area contributed by atoms with Crippen molar-refractivity contribution in [3.05, 3.63) is 29.9 Å². The highest BCUT2D eigenvalue weighted by Crippen LogP contribution is 2.17. The largest absolute Gasteiger partial charge is 0.373 e. The third kappa shape index (κ3) is 2.71. The van der Waals surface area contributed by atoms with Crippen molar-refractivity contribution in [2.45, 2.75) is 4.90 Å². The van der Waals surface area contributed by atoms with Crippen molar-refractivity contribution in [2.75, 3.05) is 17.1 Å². The van der Waals surface area contributed by atoms with Crippen molar-refractivity contribution in [1.82, 2.24) is 9.97 Å². The van der Waals surface area contributed by atoms with E-state index in [1.54, 1.807) is 18.5 Å². The number of nitrogens with zero attached hydrogens (tertiary/aromatic N) is 2. The van der Waals surface area contributed by atoms with Gasteiger partial charge in [-0.2, -0.15) is 0 Å². The summed E-state index contributed by atoms with van der Waals surface area (Å²) >= 11 is 1.22. The number of hydrogen-bond donors (Lipinski definition) is 2. The first-order valence-corrected chi connectivity index (χ1v) is 7.04. The maximum Gasteiger partial charge on any atom is 0.265 e. The Morgan fingerprint density at radius 1 is 1.29 bits per heavy atom. The normalized spacial score (nSPS) is 11.1. The number of pyridine rings is 1. The zero-order valence-electron chi connectivity index (χ0n) is 8.91. The van der Waals surface area contributed by atoms with Crippen molar-refractivity contribution in [2.24, 2.45) is 0 Å². The molecular formula is C9H10N4O2S2. The molecule has 0 aliphatic rings. The smallest absolute Gasteiger partial charge is 0.265 e. The van der Waals surface area contributed by atoms with E-state index in [-0.39, 0.29) is 4.90 Å². The molecule has 0 amide bonds. The lowest BCUT2D eigenvalue weighted by Gasteiger charge is -2.05. The van der Waals surface area contributed by atoms with Crippen molar-refractivity contribution >= 4 is 32.3 Å². The molecule has 0 saturated heterocycles. The molecule has 2 rings (SSSR count). The molecule has 0 radical (unpaired) electrons. The highest BCUT2D eigenvalue weighted by molar-refractivity contribution is 7.93. The Labute approximate surface area is 103 Å². The van der Waals surface area contributed by atoms with Crippen LogP contribution in [0.1, 0.15) is 0 Å². The van der Waals surface area contributed by atoms with Crippen molar-refractivity contribution < 1.29 is 8.42 Å². The van der Waals surface area contributed by atoms with E-state index in [0.29, 0.717) is 10.9 Å². The molecule has 0 unspecified atom stereocenters. The molecule has 0 atom stereocenters. The standard InChI is InChI=1S/C9H10N4O2S2/c1-10-8-3-2-7(6-12-8)17(14,15)13-9-11-4-5-16-9/h2-6H,1H3,(H,10,12)(H,11,13). The van der Waals surface area contributed by atoms with Crippen LogP contribution in [0.3, 0.4) is 0 Å². The molecule has 2 aromatic rings. The fourth-order valence-corrected chi connectivity index (χ4v) is 2.87. The molecule has 8 heteroatoms. The Kier molecular flexibility index (Phi) is 3.25. The maximum absolute atomic E-state index is 11.9. The molecule has 0 bridgehead atoms. The minimum Gasteiger partial charge on any atom is -0.373 e. The van der Waals surface area contributed by atoms with Crippen LogP contribution in [0.2, 0.25) is 0 Å². The van der Waals surface area contributed by atoms with Gasteiger partial charge in [0.1, 0.15) is 10.7 Å². The van der Waals surface area contributed by atoms with Crippen LogP contribution in [0, 0.1) is 0 Å². The molecule has 17 heavy (non-hydrogen) atoms. The Balaban J connectivity index is 2.25. The summed E-state index contributed by atoms with van der Waals surface area (Å²) in [4.78, 5) is 7.91. The number of anilines is 2. The molecule has 2 aromatic heterocycles. The Morgan fingerprint density at radius 2 is 2.12 bits per heavy atom. The molecule has 0 aliphatic heterocycles. The second kappa shape index (κ2) is 4.68. The quantitative estimate of drug-likeness (QED) is 0.877. The first-order valence-electron chi connectivity index (χ1n) is 4.68. The predicted molar refractivity (Wildman–Crippen MR) is 66.7 cm³/mol. The highest BCUT2D eigenvalue weighted by Gasteiger charge is 2.15. The number of nitrogens with one attached hydrogen (secondary N) is 2. The zero-order chi connectivity index (χ0) is 12.3.